The highest BCUT2D eigenvalue weighted by Crippen LogP contribution is 2.31. The number of nitrogens with one attached hydrogen (secondary N) is 1. The van der Waals surface area contributed by atoms with E-state index in [1.807, 2.05) is 30.3 Å². The van der Waals surface area contributed by atoms with Crippen molar-refractivity contribution in [1.29, 1.82) is 0 Å². The molecule has 0 radical (unpaired) electrons. The molecule has 0 spiro atoms. The summed E-state index contributed by atoms with van der Waals surface area (Å²) in [7, 11) is 0. The maximum absolute atomic E-state index is 12.6. The third-order valence-corrected chi connectivity index (χ3v) is 4.23. The number of nitrogens with zero attached hydrogens (tertiary/aromatic N) is 1. The van der Waals surface area contributed by atoms with Crippen LogP contribution in [0.15, 0.2) is 65.7 Å². The Morgan fingerprint density at radius 2 is 1.88 bits per heavy atom. The number of aromatic nitrogens is 1. The van der Waals surface area contributed by atoms with Crippen LogP contribution >= 0.6 is 11.8 Å². The molecular weight excluding hydrogens is 330 g/mol. The Labute approximate surface area is 142 Å². The lowest BCUT2D eigenvalue weighted by Crippen LogP contribution is -2.15. The van der Waals surface area contributed by atoms with Gasteiger partial charge >= 0.3 is 0 Å². The molecule has 3 aromatic rings. The van der Waals surface area contributed by atoms with Crippen LogP contribution in [0.25, 0.3) is 10.9 Å². The number of hydrogen-bond acceptors (Lipinski definition) is 3. The first-order valence-electron chi connectivity index (χ1n) is 7.30. The minimum absolute atomic E-state index is 0.127. The number of rotatable bonds is 5. The number of pyridine rings is 1. The van der Waals surface area contributed by atoms with E-state index in [4.69, 9.17) is 0 Å². The maximum Gasteiger partial charge on any atom is 0.288 e. The van der Waals surface area contributed by atoms with Gasteiger partial charge in [0, 0.05) is 16.5 Å². The first kappa shape index (κ1) is 16.4. The minimum Gasteiger partial charge on any atom is -0.325 e. The number of para-hydroxylation sites is 2. The zero-order chi connectivity index (χ0) is 16.9. The molecule has 0 atom stereocenters. The molecule has 0 aliphatic rings. The number of halogens is 2. The first-order chi connectivity index (χ1) is 11.6. The van der Waals surface area contributed by atoms with Crippen molar-refractivity contribution < 1.29 is 13.6 Å². The first-order valence-corrected chi connectivity index (χ1v) is 8.18. The summed E-state index contributed by atoms with van der Waals surface area (Å²) in [5.74, 6) is -2.80. The lowest BCUT2D eigenvalue weighted by Gasteiger charge is -2.11. The number of amides is 1. The zero-order valence-corrected chi connectivity index (χ0v) is 13.4. The lowest BCUT2D eigenvalue weighted by molar-refractivity contribution is -0.115. The highest BCUT2D eigenvalue weighted by molar-refractivity contribution is 7.99. The fourth-order valence-electron chi connectivity index (χ4n) is 2.45. The molecule has 0 fully saturated rings. The second-order valence-corrected chi connectivity index (χ2v) is 6.12. The van der Waals surface area contributed by atoms with Crippen molar-refractivity contribution in [2.24, 2.45) is 0 Å². The van der Waals surface area contributed by atoms with Gasteiger partial charge in [0.05, 0.1) is 17.6 Å². The van der Waals surface area contributed by atoms with Crippen LogP contribution in [-0.2, 0) is 11.2 Å². The summed E-state index contributed by atoms with van der Waals surface area (Å²) < 4.78 is 25.2. The monoisotopic (exact) mass is 344 g/mol. The molecule has 24 heavy (non-hydrogen) atoms. The molecule has 0 saturated carbocycles. The van der Waals surface area contributed by atoms with E-state index in [2.05, 4.69) is 10.3 Å². The Balaban J connectivity index is 1.79. The molecular formula is C18H14F2N2OS. The quantitative estimate of drug-likeness (QED) is 0.680. The fraction of sp³-hybridized carbons (Fsp3) is 0.111. The van der Waals surface area contributed by atoms with Crippen molar-refractivity contribution in [2.75, 3.05) is 5.32 Å². The zero-order valence-electron chi connectivity index (χ0n) is 12.6. The highest BCUT2D eigenvalue weighted by atomic mass is 32.2. The predicted molar refractivity (Wildman–Crippen MR) is 92.4 cm³/mol. The number of thioether (sulfide) groups is 1. The minimum atomic E-state index is -2.54. The van der Waals surface area contributed by atoms with Gasteiger partial charge in [-0.05, 0) is 23.8 Å². The molecule has 1 aromatic heterocycles. The SMILES string of the molecule is O=C(Cc1cccc2cccnc12)Nc1ccccc1SC(F)F. The van der Waals surface area contributed by atoms with Crippen LogP contribution in [0.5, 0.6) is 0 Å². The van der Waals surface area contributed by atoms with Gasteiger partial charge in [-0.1, -0.05) is 48.2 Å². The van der Waals surface area contributed by atoms with Gasteiger partial charge in [-0.25, -0.2) is 0 Å². The molecule has 122 valence electrons. The van der Waals surface area contributed by atoms with E-state index in [1.54, 1.807) is 30.5 Å². The van der Waals surface area contributed by atoms with Crippen molar-refractivity contribution in [3.05, 3.63) is 66.4 Å². The number of carbonyl (C=O) groups excluding carboxylic acids is 1. The van der Waals surface area contributed by atoms with Crippen molar-refractivity contribution >= 4 is 34.3 Å². The van der Waals surface area contributed by atoms with Gasteiger partial charge in [0.25, 0.3) is 5.76 Å². The Morgan fingerprint density at radius 3 is 2.71 bits per heavy atom. The summed E-state index contributed by atoms with van der Waals surface area (Å²) in [6.45, 7) is 0. The Bertz CT molecular complexity index is 865. The second-order valence-electron chi connectivity index (χ2n) is 5.09. The third kappa shape index (κ3) is 3.89. The highest BCUT2D eigenvalue weighted by Gasteiger charge is 2.13. The summed E-state index contributed by atoms with van der Waals surface area (Å²) in [6, 6.07) is 15.9. The summed E-state index contributed by atoms with van der Waals surface area (Å²) in [5, 5.41) is 3.66. The smallest absolute Gasteiger partial charge is 0.288 e. The molecule has 6 heteroatoms. The normalized spacial score (nSPS) is 11.0. The molecule has 1 N–H and O–H groups in total. The standard InChI is InChI=1S/C18H14F2N2OS/c19-18(20)24-15-9-2-1-8-14(15)22-16(23)11-13-6-3-5-12-7-4-10-21-17(12)13/h1-10,18H,11H2,(H,22,23). The van der Waals surface area contributed by atoms with E-state index in [0.717, 1.165) is 16.5 Å². The lowest BCUT2D eigenvalue weighted by atomic mass is 10.1. The van der Waals surface area contributed by atoms with Crippen molar-refractivity contribution in [2.45, 2.75) is 17.1 Å². The van der Waals surface area contributed by atoms with Crippen LogP contribution in [-0.4, -0.2) is 16.6 Å². The Morgan fingerprint density at radius 1 is 1.08 bits per heavy atom. The molecule has 0 bridgehead atoms. The topological polar surface area (TPSA) is 42.0 Å². The van der Waals surface area contributed by atoms with E-state index in [-0.39, 0.29) is 12.3 Å². The number of carbonyl (C=O) groups is 1. The molecule has 1 heterocycles. The average Bonchev–Trinajstić information content (AvgIpc) is 2.56. The molecule has 3 rings (SSSR count). The van der Waals surface area contributed by atoms with E-state index in [1.165, 1.54) is 0 Å². The van der Waals surface area contributed by atoms with Gasteiger partial charge in [-0.3, -0.25) is 9.78 Å². The van der Waals surface area contributed by atoms with E-state index in [0.29, 0.717) is 22.3 Å². The molecule has 0 aliphatic carbocycles. The van der Waals surface area contributed by atoms with Crippen LogP contribution in [0, 0.1) is 0 Å². The molecule has 3 nitrogen and oxygen atoms in total. The van der Waals surface area contributed by atoms with E-state index >= 15 is 0 Å². The van der Waals surface area contributed by atoms with E-state index < -0.39 is 5.76 Å². The van der Waals surface area contributed by atoms with Crippen molar-refractivity contribution in [3.63, 3.8) is 0 Å². The second kappa shape index (κ2) is 7.40. The molecule has 1 amide bonds. The van der Waals surface area contributed by atoms with E-state index in [9.17, 15) is 13.6 Å². The molecule has 2 aromatic carbocycles. The van der Waals surface area contributed by atoms with Crippen LogP contribution < -0.4 is 5.32 Å². The largest absolute Gasteiger partial charge is 0.325 e. The number of anilines is 1. The van der Waals surface area contributed by atoms with Crippen LogP contribution in [0.1, 0.15) is 5.56 Å². The predicted octanol–water partition coefficient (Wildman–Crippen LogP) is 4.73. The van der Waals surface area contributed by atoms with Crippen LogP contribution in [0.3, 0.4) is 0 Å². The molecule has 0 saturated heterocycles. The van der Waals surface area contributed by atoms with Crippen LogP contribution in [0.2, 0.25) is 0 Å². The summed E-state index contributed by atoms with van der Waals surface area (Å²) in [5.41, 5.74) is 1.95. The van der Waals surface area contributed by atoms with Gasteiger partial charge < -0.3 is 5.32 Å². The van der Waals surface area contributed by atoms with Crippen molar-refractivity contribution in [3.8, 4) is 0 Å². The Hall–Kier alpha value is -2.47. The Kier molecular flexibility index (Phi) is 5.05. The summed E-state index contributed by atoms with van der Waals surface area (Å²) >= 11 is 0.415. The number of hydrogen-bond donors (Lipinski definition) is 1. The van der Waals surface area contributed by atoms with Crippen molar-refractivity contribution in [1.82, 2.24) is 4.98 Å². The van der Waals surface area contributed by atoms with Gasteiger partial charge in [0.15, 0.2) is 0 Å². The third-order valence-electron chi connectivity index (χ3n) is 3.44. The molecule has 0 aliphatic heterocycles. The summed E-state index contributed by atoms with van der Waals surface area (Å²) in [6.07, 6.45) is 1.81. The van der Waals surface area contributed by atoms with Crippen LogP contribution in [0.4, 0.5) is 14.5 Å². The van der Waals surface area contributed by atoms with Gasteiger partial charge in [0.1, 0.15) is 0 Å². The number of benzene rings is 2. The molecule has 0 unspecified atom stereocenters. The average molecular weight is 344 g/mol. The number of alkyl halides is 2. The van der Waals surface area contributed by atoms with Gasteiger partial charge in [0.2, 0.25) is 5.91 Å². The summed E-state index contributed by atoms with van der Waals surface area (Å²) in [4.78, 5) is 17.0. The fourth-order valence-corrected chi connectivity index (χ4v) is 3.04. The van der Waals surface area contributed by atoms with Gasteiger partial charge in [-0.2, -0.15) is 8.78 Å². The van der Waals surface area contributed by atoms with Gasteiger partial charge in [-0.15, -0.1) is 0 Å². The number of fused-ring (bicyclic) bond motifs is 1. The maximum atomic E-state index is 12.6.